The minimum absolute atomic E-state index is 0.276. The van der Waals surface area contributed by atoms with E-state index in [1.54, 1.807) is 41.7 Å². The first kappa shape index (κ1) is 21.9. The van der Waals surface area contributed by atoms with E-state index in [1.165, 1.54) is 0 Å². The number of nitrogen functional groups attached to an aromatic ring is 1. The highest BCUT2D eigenvalue weighted by molar-refractivity contribution is 7.13. The van der Waals surface area contributed by atoms with Gasteiger partial charge in [0, 0.05) is 22.2 Å². The van der Waals surface area contributed by atoms with Gasteiger partial charge in [-0.15, -0.1) is 11.3 Å². The number of hydrogen-bond donors (Lipinski definition) is 3. The number of rotatable bonds is 6. The molecule has 1 saturated heterocycles. The Morgan fingerprint density at radius 1 is 1.16 bits per heavy atom. The van der Waals surface area contributed by atoms with Crippen LogP contribution in [0.25, 0.3) is 10.4 Å². The zero-order valence-electron chi connectivity index (χ0n) is 17.8. The fourth-order valence-corrected chi connectivity index (χ4v) is 4.40. The van der Waals surface area contributed by atoms with Gasteiger partial charge in [-0.2, -0.15) is 0 Å². The summed E-state index contributed by atoms with van der Waals surface area (Å²) in [6, 6.07) is 16.5. The maximum absolute atomic E-state index is 12.7. The van der Waals surface area contributed by atoms with Gasteiger partial charge >= 0.3 is 6.09 Å². The number of thiophene rings is 1. The van der Waals surface area contributed by atoms with E-state index in [9.17, 15) is 9.59 Å². The van der Waals surface area contributed by atoms with Gasteiger partial charge in [0.15, 0.2) is 0 Å². The quantitative estimate of drug-likeness (QED) is 0.465. The number of likely N-dealkylation sites (tertiary alicyclic amines) is 1. The van der Waals surface area contributed by atoms with E-state index in [2.05, 4.69) is 15.5 Å². The molecule has 7 nitrogen and oxygen atoms in total. The molecule has 0 bridgehead atoms. The fourth-order valence-electron chi connectivity index (χ4n) is 3.68. The van der Waals surface area contributed by atoms with Crippen molar-refractivity contribution < 1.29 is 14.3 Å². The molecular formula is C24H26N4O3S. The summed E-state index contributed by atoms with van der Waals surface area (Å²) in [5.74, 6) is -0.279. The number of nitrogens with one attached hydrogen (secondary N) is 2. The fraction of sp³-hybridized carbons (Fsp3) is 0.250. The maximum atomic E-state index is 12.7. The molecule has 0 radical (unpaired) electrons. The first-order chi connectivity index (χ1) is 15.5. The standard InChI is InChI=1S/C24H26N4O3S/c1-28-12-2-4-19(28)15-31-24(30)26-18-9-6-16(7-10-18)23(29)27-21-14-17(8-11-20(21)25)22-5-3-13-32-22/h3,5-11,13-14,19H,2,4,12,15,25H2,1H3,(H,26,30)(H,27,29)/t19-/m0/s1. The van der Waals surface area contributed by atoms with Crippen LogP contribution in [0.1, 0.15) is 23.2 Å². The van der Waals surface area contributed by atoms with E-state index in [-0.39, 0.29) is 11.9 Å². The number of amides is 2. The average Bonchev–Trinajstić information content (AvgIpc) is 3.46. The van der Waals surface area contributed by atoms with Gasteiger partial charge in [-0.05, 0) is 79.8 Å². The third-order valence-electron chi connectivity index (χ3n) is 5.58. The van der Waals surface area contributed by atoms with E-state index >= 15 is 0 Å². The normalized spacial score (nSPS) is 16.0. The predicted octanol–water partition coefficient (Wildman–Crippen LogP) is 4.89. The Balaban J connectivity index is 1.34. The topological polar surface area (TPSA) is 96.7 Å². The molecule has 1 aromatic heterocycles. The predicted molar refractivity (Wildman–Crippen MR) is 129 cm³/mol. The Morgan fingerprint density at radius 3 is 2.66 bits per heavy atom. The van der Waals surface area contributed by atoms with Gasteiger partial charge in [-0.1, -0.05) is 12.1 Å². The zero-order chi connectivity index (χ0) is 22.5. The molecule has 2 heterocycles. The van der Waals surface area contributed by atoms with Crippen molar-refractivity contribution in [3.63, 3.8) is 0 Å². The number of anilines is 3. The van der Waals surface area contributed by atoms with E-state index < -0.39 is 6.09 Å². The Morgan fingerprint density at radius 2 is 1.97 bits per heavy atom. The van der Waals surface area contributed by atoms with Gasteiger partial charge in [0.25, 0.3) is 5.91 Å². The van der Waals surface area contributed by atoms with Crippen LogP contribution in [0.4, 0.5) is 21.9 Å². The summed E-state index contributed by atoms with van der Waals surface area (Å²) in [6.45, 7) is 1.40. The molecule has 0 unspecified atom stereocenters. The minimum Gasteiger partial charge on any atom is -0.448 e. The van der Waals surface area contributed by atoms with Gasteiger partial charge in [-0.3, -0.25) is 10.1 Å². The summed E-state index contributed by atoms with van der Waals surface area (Å²) in [5, 5.41) is 7.57. The van der Waals surface area contributed by atoms with Crippen LogP contribution in [-0.4, -0.2) is 43.1 Å². The van der Waals surface area contributed by atoms with Crippen molar-refractivity contribution in [3.05, 3.63) is 65.5 Å². The third-order valence-corrected chi connectivity index (χ3v) is 6.50. The maximum Gasteiger partial charge on any atom is 0.411 e. The number of ether oxygens (including phenoxy) is 1. The molecule has 0 saturated carbocycles. The molecule has 1 aliphatic heterocycles. The van der Waals surface area contributed by atoms with Crippen molar-refractivity contribution >= 4 is 40.4 Å². The number of nitrogens with zero attached hydrogens (tertiary/aromatic N) is 1. The molecule has 2 aromatic carbocycles. The largest absolute Gasteiger partial charge is 0.448 e. The highest BCUT2D eigenvalue weighted by Gasteiger charge is 2.22. The molecule has 0 aliphatic carbocycles. The number of hydrogen-bond acceptors (Lipinski definition) is 6. The van der Waals surface area contributed by atoms with Crippen molar-refractivity contribution in [3.8, 4) is 10.4 Å². The second-order valence-electron chi connectivity index (χ2n) is 7.81. The Labute approximate surface area is 191 Å². The summed E-state index contributed by atoms with van der Waals surface area (Å²) in [7, 11) is 2.04. The van der Waals surface area contributed by atoms with E-state index in [1.807, 2.05) is 36.7 Å². The number of nitrogens with two attached hydrogens (primary N) is 1. The first-order valence-corrected chi connectivity index (χ1v) is 11.4. The van der Waals surface area contributed by atoms with Crippen LogP contribution >= 0.6 is 11.3 Å². The van der Waals surface area contributed by atoms with E-state index in [0.717, 1.165) is 29.8 Å². The third kappa shape index (κ3) is 5.27. The van der Waals surface area contributed by atoms with Crippen LogP contribution in [0.3, 0.4) is 0 Å². The summed E-state index contributed by atoms with van der Waals surface area (Å²) in [6.07, 6.45) is 1.66. The van der Waals surface area contributed by atoms with Crippen molar-refractivity contribution in [1.29, 1.82) is 0 Å². The summed E-state index contributed by atoms with van der Waals surface area (Å²) < 4.78 is 5.33. The van der Waals surface area contributed by atoms with Crippen LogP contribution in [0.2, 0.25) is 0 Å². The van der Waals surface area contributed by atoms with Crippen molar-refractivity contribution in [1.82, 2.24) is 4.90 Å². The Bertz CT molecular complexity index is 1080. The molecule has 4 rings (SSSR count). The molecule has 2 amide bonds. The van der Waals surface area contributed by atoms with Gasteiger partial charge in [0.05, 0.1) is 11.4 Å². The van der Waals surface area contributed by atoms with Crippen molar-refractivity contribution in [2.24, 2.45) is 0 Å². The molecule has 166 valence electrons. The number of carbonyl (C=O) groups excluding carboxylic acids is 2. The van der Waals surface area contributed by atoms with Crippen LogP contribution in [-0.2, 0) is 4.74 Å². The summed E-state index contributed by atoms with van der Waals surface area (Å²) in [4.78, 5) is 28.1. The lowest BCUT2D eigenvalue weighted by Gasteiger charge is -2.19. The lowest BCUT2D eigenvalue weighted by atomic mass is 10.1. The van der Waals surface area contributed by atoms with Crippen LogP contribution in [0.15, 0.2) is 60.0 Å². The van der Waals surface area contributed by atoms with Crippen LogP contribution in [0, 0.1) is 0 Å². The highest BCUT2D eigenvalue weighted by atomic mass is 32.1. The zero-order valence-corrected chi connectivity index (χ0v) is 18.7. The van der Waals surface area contributed by atoms with E-state index in [4.69, 9.17) is 10.5 Å². The minimum atomic E-state index is -0.499. The number of likely N-dealkylation sites (N-methyl/N-ethyl adjacent to an activating group) is 1. The molecule has 8 heteroatoms. The molecule has 1 atom stereocenters. The molecule has 1 aliphatic rings. The van der Waals surface area contributed by atoms with Crippen molar-refractivity contribution in [2.45, 2.75) is 18.9 Å². The van der Waals surface area contributed by atoms with Gasteiger partial charge < -0.3 is 20.7 Å². The molecule has 1 fully saturated rings. The molecule has 0 spiro atoms. The number of benzene rings is 2. The second-order valence-corrected chi connectivity index (χ2v) is 8.76. The molecular weight excluding hydrogens is 424 g/mol. The number of carbonyl (C=O) groups is 2. The first-order valence-electron chi connectivity index (χ1n) is 10.5. The average molecular weight is 451 g/mol. The molecule has 4 N–H and O–H groups in total. The second kappa shape index (κ2) is 9.84. The van der Waals surface area contributed by atoms with Crippen LogP contribution < -0.4 is 16.4 Å². The molecule has 3 aromatic rings. The monoisotopic (exact) mass is 450 g/mol. The lowest BCUT2D eigenvalue weighted by molar-refractivity contribution is 0.102. The summed E-state index contributed by atoms with van der Waals surface area (Å²) in [5.41, 5.74) is 9.12. The Kier molecular flexibility index (Phi) is 6.72. The van der Waals surface area contributed by atoms with Gasteiger partial charge in [0.2, 0.25) is 0 Å². The smallest absolute Gasteiger partial charge is 0.411 e. The van der Waals surface area contributed by atoms with Crippen molar-refractivity contribution in [2.75, 3.05) is 36.6 Å². The highest BCUT2D eigenvalue weighted by Crippen LogP contribution is 2.30. The van der Waals surface area contributed by atoms with Gasteiger partial charge in [0.1, 0.15) is 6.61 Å². The molecule has 32 heavy (non-hydrogen) atoms. The summed E-state index contributed by atoms with van der Waals surface area (Å²) >= 11 is 1.62. The SMILES string of the molecule is CN1CCC[C@H]1COC(=O)Nc1ccc(C(=O)Nc2cc(-c3cccs3)ccc2N)cc1. The van der Waals surface area contributed by atoms with Crippen LogP contribution in [0.5, 0.6) is 0 Å². The van der Waals surface area contributed by atoms with E-state index in [0.29, 0.717) is 29.2 Å². The van der Waals surface area contributed by atoms with Gasteiger partial charge in [-0.25, -0.2) is 4.79 Å². The Hall–Kier alpha value is -3.36. The lowest BCUT2D eigenvalue weighted by Crippen LogP contribution is -2.31.